The van der Waals surface area contributed by atoms with Crippen molar-refractivity contribution in [2.75, 3.05) is 7.05 Å². The van der Waals surface area contributed by atoms with E-state index in [-0.39, 0.29) is 11.5 Å². The summed E-state index contributed by atoms with van der Waals surface area (Å²) in [5.74, 6) is 1.12. The van der Waals surface area contributed by atoms with Gasteiger partial charge in [-0.25, -0.2) is 13.1 Å². The molecule has 1 atom stereocenters. The van der Waals surface area contributed by atoms with Crippen LogP contribution in [-0.4, -0.2) is 21.5 Å². The highest BCUT2D eigenvalue weighted by Gasteiger charge is 2.35. The number of nitrogens with one attached hydrogen (secondary N) is 2. The van der Waals surface area contributed by atoms with Gasteiger partial charge in [0.05, 0.1) is 0 Å². The number of hydrogen-bond donors (Lipinski definition) is 2. The standard InChI is InChI=1S/C15H26N2O3S/c1-10-13(9-16-5)14(11(2)20-10)21(18,19)17-12-6-7-15(3,4)8-12/h12,16-17H,6-9H2,1-5H3. The first kappa shape index (κ1) is 16.5. The number of rotatable bonds is 5. The van der Waals surface area contributed by atoms with Crippen molar-refractivity contribution in [1.82, 2.24) is 10.0 Å². The molecule has 0 aliphatic heterocycles. The zero-order valence-electron chi connectivity index (χ0n) is 13.5. The molecular formula is C15H26N2O3S. The third-order valence-electron chi connectivity index (χ3n) is 4.24. The summed E-state index contributed by atoms with van der Waals surface area (Å²) in [7, 11) is -1.74. The van der Waals surface area contributed by atoms with E-state index in [1.807, 2.05) is 0 Å². The van der Waals surface area contributed by atoms with Gasteiger partial charge in [-0.15, -0.1) is 0 Å². The molecule has 1 aliphatic rings. The second-order valence-electron chi connectivity index (χ2n) is 6.78. The van der Waals surface area contributed by atoms with Crippen LogP contribution in [0.5, 0.6) is 0 Å². The van der Waals surface area contributed by atoms with Gasteiger partial charge in [0.1, 0.15) is 16.4 Å². The van der Waals surface area contributed by atoms with E-state index in [1.54, 1.807) is 20.9 Å². The zero-order chi connectivity index (χ0) is 15.8. The van der Waals surface area contributed by atoms with E-state index in [0.717, 1.165) is 24.8 Å². The van der Waals surface area contributed by atoms with E-state index in [0.29, 0.717) is 23.0 Å². The van der Waals surface area contributed by atoms with Crippen molar-refractivity contribution in [2.24, 2.45) is 5.41 Å². The smallest absolute Gasteiger partial charge is 0.244 e. The van der Waals surface area contributed by atoms with Crippen molar-refractivity contribution in [3.8, 4) is 0 Å². The molecule has 1 heterocycles. The number of hydrogen-bond acceptors (Lipinski definition) is 4. The van der Waals surface area contributed by atoms with Crippen molar-refractivity contribution in [3.63, 3.8) is 0 Å². The van der Waals surface area contributed by atoms with Gasteiger partial charge < -0.3 is 9.73 Å². The average molecular weight is 314 g/mol. The van der Waals surface area contributed by atoms with Crippen LogP contribution in [0.2, 0.25) is 0 Å². The van der Waals surface area contributed by atoms with E-state index >= 15 is 0 Å². The van der Waals surface area contributed by atoms with E-state index < -0.39 is 10.0 Å². The molecule has 0 saturated heterocycles. The minimum absolute atomic E-state index is 0.0158. The molecule has 1 aromatic heterocycles. The van der Waals surface area contributed by atoms with E-state index in [2.05, 4.69) is 23.9 Å². The predicted molar refractivity (Wildman–Crippen MR) is 82.7 cm³/mol. The monoisotopic (exact) mass is 314 g/mol. The lowest BCUT2D eigenvalue weighted by Gasteiger charge is -2.18. The van der Waals surface area contributed by atoms with Gasteiger partial charge >= 0.3 is 0 Å². The molecule has 1 fully saturated rings. The van der Waals surface area contributed by atoms with Crippen molar-refractivity contribution in [3.05, 3.63) is 17.1 Å². The Balaban J connectivity index is 2.28. The molecule has 1 saturated carbocycles. The van der Waals surface area contributed by atoms with Gasteiger partial charge in [0.25, 0.3) is 0 Å². The van der Waals surface area contributed by atoms with E-state index in [4.69, 9.17) is 4.42 Å². The van der Waals surface area contributed by atoms with Crippen LogP contribution in [0.3, 0.4) is 0 Å². The molecular weight excluding hydrogens is 288 g/mol. The Morgan fingerprint density at radius 3 is 2.48 bits per heavy atom. The summed E-state index contributed by atoms with van der Waals surface area (Å²) >= 11 is 0. The van der Waals surface area contributed by atoms with Crippen molar-refractivity contribution in [1.29, 1.82) is 0 Å². The van der Waals surface area contributed by atoms with Crippen LogP contribution in [0.15, 0.2) is 9.31 Å². The Labute approximate surface area is 127 Å². The maximum atomic E-state index is 12.7. The fraction of sp³-hybridized carbons (Fsp3) is 0.733. The first-order chi connectivity index (χ1) is 9.66. The molecule has 2 N–H and O–H groups in total. The van der Waals surface area contributed by atoms with Crippen LogP contribution in [0.1, 0.15) is 50.2 Å². The molecule has 21 heavy (non-hydrogen) atoms. The summed E-state index contributed by atoms with van der Waals surface area (Å²) in [6, 6.07) is 0.0158. The number of sulfonamides is 1. The molecule has 1 aromatic rings. The summed E-state index contributed by atoms with van der Waals surface area (Å²) in [6.07, 6.45) is 2.82. The molecule has 1 aliphatic carbocycles. The first-order valence-corrected chi connectivity index (χ1v) is 8.90. The maximum Gasteiger partial charge on any atom is 0.244 e. The number of aryl methyl sites for hydroxylation is 2. The lowest BCUT2D eigenvalue weighted by Crippen LogP contribution is -2.34. The molecule has 2 rings (SSSR count). The first-order valence-electron chi connectivity index (χ1n) is 7.42. The molecule has 6 heteroatoms. The van der Waals surface area contributed by atoms with Crippen molar-refractivity contribution in [2.45, 2.75) is 64.4 Å². The molecule has 120 valence electrons. The van der Waals surface area contributed by atoms with Gasteiger partial charge in [-0.05, 0) is 45.6 Å². The van der Waals surface area contributed by atoms with Gasteiger partial charge in [0.2, 0.25) is 10.0 Å². The van der Waals surface area contributed by atoms with Gasteiger partial charge in [-0.1, -0.05) is 13.8 Å². The molecule has 0 spiro atoms. The summed E-state index contributed by atoms with van der Waals surface area (Å²) < 4.78 is 33.9. The van der Waals surface area contributed by atoms with Crippen LogP contribution in [0.4, 0.5) is 0 Å². The maximum absolute atomic E-state index is 12.7. The SMILES string of the molecule is CNCc1c(C)oc(C)c1S(=O)(=O)NC1CCC(C)(C)C1. The van der Waals surface area contributed by atoms with Gasteiger partial charge in [0, 0.05) is 18.2 Å². The van der Waals surface area contributed by atoms with Crippen LogP contribution in [-0.2, 0) is 16.6 Å². The average Bonchev–Trinajstić information content (AvgIpc) is 2.79. The summed E-state index contributed by atoms with van der Waals surface area (Å²) in [4.78, 5) is 0.305. The normalized spacial score (nSPS) is 21.9. The summed E-state index contributed by atoms with van der Waals surface area (Å²) in [6.45, 7) is 8.36. The largest absolute Gasteiger partial charge is 0.465 e. The zero-order valence-corrected chi connectivity index (χ0v) is 14.4. The van der Waals surface area contributed by atoms with Crippen LogP contribution in [0.25, 0.3) is 0 Å². The summed E-state index contributed by atoms with van der Waals surface area (Å²) in [5, 5.41) is 3.01. The molecule has 5 nitrogen and oxygen atoms in total. The van der Waals surface area contributed by atoms with Gasteiger partial charge in [-0.3, -0.25) is 0 Å². The van der Waals surface area contributed by atoms with Gasteiger partial charge in [0.15, 0.2) is 0 Å². The summed E-state index contributed by atoms with van der Waals surface area (Å²) in [5.41, 5.74) is 0.933. The van der Waals surface area contributed by atoms with Crippen LogP contribution in [0, 0.1) is 19.3 Å². The fourth-order valence-corrected chi connectivity index (χ4v) is 4.98. The predicted octanol–water partition coefficient (Wildman–Crippen LogP) is 2.47. The Morgan fingerprint density at radius 1 is 1.29 bits per heavy atom. The topological polar surface area (TPSA) is 71.3 Å². The highest BCUT2D eigenvalue weighted by atomic mass is 32.2. The van der Waals surface area contributed by atoms with Crippen LogP contribution >= 0.6 is 0 Å². The van der Waals surface area contributed by atoms with Crippen molar-refractivity contribution < 1.29 is 12.8 Å². The number of furan rings is 1. The molecule has 0 aromatic carbocycles. The second kappa shape index (κ2) is 5.74. The second-order valence-corrected chi connectivity index (χ2v) is 8.43. The molecule has 0 radical (unpaired) electrons. The molecule has 0 bridgehead atoms. The van der Waals surface area contributed by atoms with Gasteiger partial charge in [-0.2, -0.15) is 0 Å². The Morgan fingerprint density at radius 2 is 1.95 bits per heavy atom. The minimum atomic E-state index is -3.54. The highest BCUT2D eigenvalue weighted by molar-refractivity contribution is 7.89. The Bertz CT molecular complexity index is 617. The Kier molecular flexibility index (Phi) is 4.52. The van der Waals surface area contributed by atoms with E-state index in [9.17, 15) is 8.42 Å². The molecule has 1 unspecified atom stereocenters. The third kappa shape index (κ3) is 3.49. The van der Waals surface area contributed by atoms with E-state index in [1.165, 1.54) is 0 Å². The minimum Gasteiger partial charge on any atom is -0.465 e. The van der Waals surface area contributed by atoms with Crippen LogP contribution < -0.4 is 10.0 Å². The lowest BCUT2D eigenvalue weighted by molar-refractivity contribution is 0.372. The quantitative estimate of drug-likeness (QED) is 0.876. The highest BCUT2D eigenvalue weighted by Crippen LogP contribution is 2.38. The van der Waals surface area contributed by atoms with Crippen molar-refractivity contribution >= 4 is 10.0 Å². The Hall–Kier alpha value is -0.850. The fourth-order valence-electron chi connectivity index (χ4n) is 3.26. The third-order valence-corrected chi connectivity index (χ3v) is 5.95. The lowest BCUT2D eigenvalue weighted by atomic mass is 9.92. The molecule has 0 amide bonds.